The third-order valence-corrected chi connectivity index (χ3v) is 5.19. The molecule has 1 aliphatic rings. The van der Waals surface area contributed by atoms with Crippen LogP contribution in [0.2, 0.25) is 5.02 Å². The van der Waals surface area contributed by atoms with Crippen molar-refractivity contribution in [2.45, 2.75) is 17.7 Å². The zero-order valence-electron chi connectivity index (χ0n) is 10.6. The molecule has 0 bridgehead atoms. The lowest BCUT2D eigenvalue weighted by atomic mass is 10.3. The molecular formula is C12H18ClN3O2S. The first-order chi connectivity index (χ1) is 9.00. The molecule has 1 saturated heterocycles. The van der Waals surface area contributed by atoms with Gasteiger partial charge in [-0.05, 0) is 38.1 Å². The van der Waals surface area contributed by atoms with Gasteiger partial charge in [0.25, 0.3) is 0 Å². The Balaban J connectivity index is 2.01. The topological polar surface area (TPSA) is 75.4 Å². The summed E-state index contributed by atoms with van der Waals surface area (Å²) in [6.07, 6.45) is 2.37. The van der Waals surface area contributed by atoms with Crippen molar-refractivity contribution in [2.24, 2.45) is 0 Å². The van der Waals surface area contributed by atoms with E-state index < -0.39 is 10.0 Å². The van der Waals surface area contributed by atoms with Crippen LogP contribution in [-0.4, -0.2) is 39.5 Å². The van der Waals surface area contributed by atoms with E-state index in [9.17, 15) is 8.42 Å². The normalized spacial score (nSPS) is 16.9. The molecule has 3 N–H and O–H groups in total. The molecular weight excluding hydrogens is 286 g/mol. The maximum Gasteiger partial charge on any atom is 0.244 e. The van der Waals surface area contributed by atoms with Gasteiger partial charge in [0.1, 0.15) is 4.90 Å². The molecule has 1 aromatic carbocycles. The minimum atomic E-state index is -3.65. The summed E-state index contributed by atoms with van der Waals surface area (Å²) in [5.74, 6) is 0. The van der Waals surface area contributed by atoms with Crippen LogP contribution in [0.5, 0.6) is 0 Å². The standard InChI is InChI=1S/C12H18ClN3O2S/c13-10-4-3-5-11(14)12(10)19(17,18)15-6-9-16-7-1-2-8-16/h3-5,15H,1-2,6-9,14H2. The molecule has 1 heterocycles. The zero-order chi connectivity index (χ0) is 13.9. The number of anilines is 1. The molecule has 0 spiro atoms. The summed E-state index contributed by atoms with van der Waals surface area (Å²) < 4.78 is 26.9. The predicted molar refractivity (Wildman–Crippen MR) is 76.7 cm³/mol. The zero-order valence-corrected chi connectivity index (χ0v) is 12.2. The van der Waals surface area contributed by atoms with E-state index in [4.69, 9.17) is 17.3 Å². The lowest BCUT2D eigenvalue weighted by Gasteiger charge is -2.15. The van der Waals surface area contributed by atoms with Crippen LogP contribution in [0, 0.1) is 0 Å². The number of hydrogen-bond donors (Lipinski definition) is 2. The molecule has 5 nitrogen and oxygen atoms in total. The van der Waals surface area contributed by atoms with Crippen molar-refractivity contribution in [3.8, 4) is 0 Å². The Hall–Kier alpha value is -0.820. The fourth-order valence-electron chi connectivity index (χ4n) is 2.23. The van der Waals surface area contributed by atoms with E-state index in [1.54, 1.807) is 6.07 Å². The van der Waals surface area contributed by atoms with E-state index in [1.807, 2.05) is 0 Å². The highest BCUT2D eigenvalue weighted by Gasteiger charge is 2.21. The van der Waals surface area contributed by atoms with Crippen molar-refractivity contribution < 1.29 is 8.42 Å². The van der Waals surface area contributed by atoms with Gasteiger partial charge in [0, 0.05) is 13.1 Å². The minimum absolute atomic E-state index is 0.0295. The third kappa shape index (κ3) is 3.60. The molecule has 0 atom stereocenters. The Morgan fingerprint density at radius 1 is 1.32 bits per heavy atom. The number of nitrogen functional groups attached to an aromatic ring is 1. The second-order valence-corrected chi connectivity index (χ2v) is 6.72. The van der Waals surface area contributed by atoms with Gasteiger partial charge in [0.2, 0.25) is 10.0 Å². The van der Waals surface area contributed by atoms with Gasteiger partial charge in [-0.2, -0.15) is 0 Å². The average molecular weight is 304 g/mol. The van der Waals surface area contributed by atoms with Crippen molar-refractivity contribution in [3.05, 3.63) is 23.2 Å². The number of nitrogens with zero attached hydrogens (tertiary/aromatic N) is 1. The van der Waals surface area contributed by atoms with Gasteiger partial charge >= 0.3 is 0 Å². The highest BCUT2D eigenvalue weighted by Crippen LogP contribution is 2.26. The summed E-state index contributed by atoms with van der Waals surface area (Å²) in [5.41, 5.74) is 5.86. The molecule has 0 radical (unpaired) electrons. The summed E-state index contributed by atoms with van der Waals surface area (Å²) in [6.45, 7) is 3.16. The molecule has 2 rings (SSSR count). The second-order valence-electron chi connectivity index (χ2n) is 4.60. The first-order valence-electron chi connectivity index (χ1n) is 6.27. The highest BCUT2D eigenvalue weighted by atomic mass is 35.5. The van der Waals surface area contributed by atoms with Crippen LogP contribution < -0.4 is 10.5 Å². The van der Waals surface area contributed by atoms with Crippen molar-refractivity contribution in [1.29, 1.82) is 0 Å². The summed E-state index contributed by atoms with van der Waals surface area (Å²) in [6, 6.07) is 4.68. The van der Waals surface area contributed by atoms with E-state index in [-0.39, 0.29) is 15.6 Å². The van der Waals surface area contributed by atoms with Crippen molar-refractivity contribution in [2.75, 3.05) is 31.9 Å². The van der Waals surface area contributed by atoms with Crippen LogP contribution in [0.1, 0.15) is 12.8 Å². The van der Waals surface area contributed by atoms with E-state index in [0.717, 1.165) is 13.1 Å². The van der Waals surface area contributed by atoms with Crippen molar-refractivity contribution >= 4 is 27.3 Å². The number of halogens is 1. The number of nitrogens with two attached hydrogens (primary N) is 1. The van der Waals surface area contributed by atoms with Gasteiger partial charge in [-0.15, -0.1) is 0 Å². The van der Waals surface area contributed by atoms with Crippen LogP contribution >= 0.6 is 11.6 Å². The number of hydrogen-bond acceptors (Lipinski definition) is 4. The Kier molecular flexibility index (Phi) is 4.67. The Labute approximate surface area is 118 Å². The maximum atomic E-state index is 12.2. The van der Waals surface area contributed by atoms with Crippen LogP contribution in [0.15, 0.2) is 23.1 Å². The van der Waals surface area contributed by atoms with E-state index in [2.05, 4.69) is 9.62 Å². The highest BCUT2D eigenvalue weighted by molar-refractivity contribution is 7.89. The number of benzene rings is 1. The van der Waals surface area contributed by atoms with E-state index in [1.165, 1.54) is 25.0 Å². The first-order valence-corrected chi connectivity index (χ1v) is 8.13. The third-order valence-electron chi connectivity index (χ3n) is 3.18. The monoisotopic (exact) mass is 303 g/mol. The number of rotatable bonds is 5. The molecule has 1 fully saturated rings. The lowest BCUT2D eigenvalue weighted by Crippen LogP contribution is -2.33. The molecule has 0 aromatic heterocycles. The summed E-state index contributed by atoms with van der Waals surface area (Å²) in [4.78, 5) is 2.21. The second kappa shape index (κ2) is 6.09. The van der Waals surface area contributed by atoms with Gasteiger partial charge in [-0.1, -0.05) is 17.7 Å². The van der Waals surface area contributed by atoms with Gasteiger partial charge < -0.3 is 10.6 Å². The summed E-state index contributed by atoms with van der Waals surface area (Å²) >= 11 is 5.91. The Morgan fingerprint density at radius 3 is 2.63 bits per heavy atom. The molecule has 106 valence electrons. The Morgan fingerprint density at radius 2 is 2.00 bits per heavy atom. The quantitative estimate of drug-likeness (QED) is 0.804. The van der Waals surface area contributed by atoms with Crippen LogP contribution in [0.4, 0.5) is 5.69 Å². The molecule has 1 aliphatic heterocycles. The number of sulfonamides is 1. The van der Waals surface area contributed by atoms with E-state index >= 15 is 0 Å². The largest absolute Gasteiger partial charge is 0.398 e. The maximum absolute atomic E-state index is 12.2. The SMILES string of the molecule is Nc1cccc(Cl)c1S(=O)(=O)NCCN1CCCC1. The summed E-state index contributed by atoms with van der Waals surface area (Å²) in [7, 11) is -3.65. The smallest absolute Gasteiger partial charge is 0.244 e. The average Bonchev–Trinajstić information content (AvgIpc) is 2.81. The van der Waals surface area contributed by atoms with Crippen molar-refractivity contribution in [1.82, 2.24) is 9.62 Å². The predicted octanol–water partition coefficient (Wildman–Crippen LogP) is 1.30. The van der Waals surface area contributed by atoms with Gasteiger partial charge in [0.05, 0.1) is 10.7 Å². The number of nitrogens with one attached hydrogen (secondary N) is 1. The van der Waals surface area contributed by atoms with Crippen LogP contribution in [0.3, 0.4) is 0 Å². The molecule has 0 saturated carbocycles. The fraction of sp³-hybridized carbons (Fsp3) is 0.500. The molecule has 1 aromatic rings. The van der Waals surface area contributed by atoms with Crippen LogP contribution in [-0.2, 0) is 10.0 Å². The van der Waals surface area contributed by atoms with Gasteiger partial charge in [0.15, 0.2) is 0 Å². The lowest BCUT2D eigenvalue weighted by molar-refractivity contribution is 0.344. The number of likely N-dealkylation sites (tertiary alicyclic amines) is 1. The first kappa shape index (κ1) is 14.6. The van der Waals surface area contributed by atoms with Crippen molar-refractivity contribution in [3.63, 3.8) is 0 Å². The summed E-state index contributed by atoms with van der Waals surface area (Å²) in [5, 5.41) is 0.147. The van der Waals surface area contributed by atoms with E-state index in [0.29, 0.717) is 13.1 Å². The molecule has 0 amide bonds. The fourth-order valence-corrected chi connectivity index (χ4v) is 3.92. The Bertz CT molecular complexity index is 522. The van der Waals surface area contributed by atoms with Crippen LogP contribution in [0.25, 0.3) is 0 Å². The minimum Gasteiger partial charge on any atom is -0.398 e. The molecule has 19 heavy (non-hydrogen) atoms. The molecule has 7 heteroatoms. The molecule has 0 aliphatic carbocycles. The van der Waals surface area contributed by atoms with Gasteiger partial charge in [-0.25, -0.2) is 13.1 Å². The molecule has 0 unspecified atom stereocenters. The van der Waals surface area contributed by atoms with Gasteiger partial charge in [-0.3, -0.25) is 0 Å².